The predicted molar refractivity (Wildman–Crippen MR) is 104 cm³/mol. The predicted octanol–water partition coefficient (Wildman–Crippen LogP) is 3.43. The Kier molecular flexibility index (Phi) is 5.91. The molecule has 0 aliphatic heterocycles. The fourth-order valence-corrected chi connectivity index (χ4v) is 4.46. The van der Waals surface area contributed by atoms with E-state index in [4.69, 9.17) is 14.2 Å². The quantitative estimate of drug-likeness (QED) is 0.600. The molecule has 2 aliphatic rings. The van der Waals surface area contributed by atoms with Gasteiger partial charge in [0, 0.05) is 36.9 Å². The van der Waals surface area contributed by atoms with E-state index in [1.165, 1.54) is 25.7 Å². The van der Waals surface area contributed by atoms with Crippen LogP contribution in [0.3, 0.4) is 0 Å². The van der Waals surface area contributed by atoms with Crippen LogP contribution in [0.15, 0.2) is 23.2 Å². The zero-order valence-electron chi connectivity index (χ0n) is 16.3. The van der Waals surface area contributed by atoms with E-state index in [-0.39, 0.29) is 5.41 Å². The van der Waals surface area contributed by atoms with Crippen molar-refractivity contribution in [1.82, 2.24) is 5.32 Å². The average Bonchev–Trinajstić information content (AvgIpc) is 3.19. The molecule has 1 aromatic rings. The number of methoxy groups -OCH3 is 2. The Hall–Kier alpha value is -1.95. The van der Waals surface area contributed by atoms with Crippen LogP contribution in [0.25, 0.3) is 0 Å². The molecule has 6 nitrogen and oxygen atoms in total. The second-order valence-electron chi connectivity index (χ2n) is 7.08. The molecule has 2 unspecified atom stereocenters. The lowest BCUT2D eigenvalue weighted by Crippen LogP contribution is -2.64. The standard InChI is InChI=1S/C20H31N3O3/c1-5-26-18-13-17(20(18)10-6-7-11-20)23-19(21-2)22-14-8-9-15(24-3)16(12-14)25-4/h8-9,12,17-18H,5-7,10-11,13H2,1-4H3,(H2,21,22,23). The van der Waals surface area contributed by atoms with Gasteiger partial charge in [0.05, 0.1) is 20.3 Å². The SMILES string of the molecule is CCOC1CC(NC(=NC)Nc2ccc(OC)c(OC)c2)C12CCCC2. The number of ether oxygens (including phenoxy) is 3. The van der Waals surface area contributed by atoms with E-state index in [9.17, 15) is 0 Å². The molecule has 2 saturated carbocycles. The van der Waals surface area contributed by atoms with Gasteiger partial charge in [0.15, 0.2) is 17.5 Å². The van der Waals surface area contributed by atoms with Crippen LogP contribution in [-0.4, -0.2) is 46.0 Å². The molecule has 0 bridgehead atoms. The van der Waals surface area contributed by atoms with E-state index in [1.807, 2.05) is 18.2 Å². The van der Waals surface area contributed by atoms with Crippen molar-refractivity contribution in [3.63, 3.8) is 0 Å². The first-order valence-electron chi connectivity index (χ1n) is 9.50. The Morgan fingerprint density at radius 2 is 1.92 bits per heavy atom. The van der Waals surface area contributed by atoms with Crippen LogP contribution in [0.5, 0.6) is 11.5 Å². The minimum absolute atomic E-state index is 0.269. The molecule has 2 fully saturated rings. The van der Waals surface area contributed by atoms with Crippen molar-refractivity contribution in [2.45, 2.75) is 51.2 Å². The second-order valence-corrected chi connectivity index (χ2v) is 7.08. The molecule has 1 spiro atoms. The van der Waals surface area contributed by atoms with Gasteiger partial charge in [-0.3, -0.25) is 4.99 Å². The molecule has 144 valence electrons. The van der Waals surface area contributed by atoms with Crippen LogP contribution in [-0.2, 0) is 4.74 Å². The summed E-state index contributed by atoms with van der Waals surface area (Å²) in [5, 5.41) is 7.00. The van der Waals surface area contributed by atoms with E-state index < -0.39 is 0 Å². The van der Waals surface area contributed by atoms with Crippen molar-refractivity contribution >= 4 is 11.6 Å². The van der Waals surface area contributed by atoms with Crippen LogP contribution < -0.4 is 20.1 Å². The first-order chi connectivity index (χ1) is 12.7. The molecule has 0 aromatic heterocycles. The topological polar surface area (TPSA) is 64.1 Å². The fraction of sp³-hybridized carbons (Fsp3) is 0.650. The molecule has 0 saturated heterocycles. The van der Waals surface area contributed by atoms with Crippen molar-refractivity contribution in [2.24, 2.45) is 10.4 Å². The lowest BCUT2D eigenvalue weighted by molar-refractivity contribution is -0.125. The minimum atomic E-state index is 0.269. The van der Waals surface area contributed by atoms with Gasteiger partial charge in [0.2, 0.25) is 0 Å². The third-order valence-electron chi connectivity index (χ3n) is 5.87. The Morgan fingerprint density at radius 3 is 2.54 bits per heavy atom. The Labute approximate surface area is 156 Å². The third kappa shape index (κ3) is 3.47. The zero-order valence-corrected chi connectivity index (χ0v) is 16.3. The minimum Gasteiger partial charge on any atom is -0.493 e. The molecular formula is C20H31N3O3. The second kappa shape index (κ2) is 8.16. The number of benzene rings is 1. The number of hydrogen-bond acceptors (Lipinski definition) is 4. The lowest BCUT2D eigenvalue weighted by atomic mass is 9.60. The molecule has 0 radical (unpaired) electrons. The highest BCUT2D eigenvalue weighted by Crippen LogP contribution is 2.54. The Bertz CT molecular complexity index is 641. The maximum atomic E-state index is 6.00. The molecule has 2 atom stereocenters. The van der Waals surface area contributed by atoms with Gasteiger partial charge in [-0.15, -0.1) is 0 Å². The van der Waals surface area contributed by atoms with Crippen molar-refractivity contribution in [3.8, 4) is 11.5 Å². The monoisotopic (exact) mass is 361 g/mol. The van der Waals surface area contributed by atoms with Crippen LogP contribution in [0.2, 0.25) is 0 Å². The van der Waals surface area contributed by atoms with Gasteiger partial charge < -0.3 is 24.8 Å². The number of nitrogens with zero attached hydrogens (tertiary/aromatic N) is 1. The first-order valence-corrected chi connectivity index (χ1v) is 9.50. The van der Waals surface area contributed by atoms with Crippen molar-refractivity contribution in [3.05, 3.63) is 18.2 Å². The summed E-state index contributed by atoms with van der Waals surface area (Å²) >= 11 is 0. The Morgan fingerprint density at radius 1 is 1.19 bits per heavy atom. The van der Waals surface area contributed by atoms with Gasteiger partial charge in [-0.1, -0.05) is 12.8 Å². The summed E-state index contributed by atoms with van der Waals surface area (Å²) in [6.07, 6.45) is 6.49. The summed E-state index contributed by atoms with van der Waals surface area (Å²) in [5.41, 5.74) is 1.18. The summed E-state index contributed by atoms with van der Waals surface area (Å²) in [5.74, 6) is 2.19. The van der Waals surface area contributed by atoms with Gasteiger partial charge in [0.1, 0.15) is 0 Å². The van der Waals surface area contributed by atoms with Gasteiger partial charge in [-0.25, -0.2) is 0 Å². The highest BCUT2D eigenvalue weighted by atomic mass is 16.5. The smallest absolute Gasteiger partial charge is 0.195 e. The lowest BCUT2D eigenvalue weighted by Gasteiger charge is -2.54. The van der Waals surface area contributed by atoms with E-state index >= 15 is 0 Å². The fourth-order valence-electron chi connectivity index (χ4n) is 4.46. The molecule has 2 aliphatic carbocycles. The van der Waals surface area contributed by atoms with Gasteiger partial charge in [-0.2, -0.15) is 0 Å². The molecular weight excluding hydrogens is 330 g/mol. The number of aliphatic imine (C=N–C) groups is 1. The van der Waals surface area contributed by atoms with Gasteiger partial charge in [0.25, 0.3) is 0 Å². The van der Waals surface area contributed by atoms with Crippen molar-refractivity contribution in [1.29, 1.82) is 0 Å². The number of rotatable bonds is 6. The summed E-state index contributed by atoms with van der Waals surface area (Å²) in [4.78, 5) is 4.41. The first kappa shape index (κ1) is 18.8. The maximum Gasteiger partial charge on any atom is 0.195 e. The zero-order chi connectivity index (χ0) is 18.6. The van der Waals surface area contributed by atoms with Crippen LogP contribution in [0, 0.1) is 5.41 Å². The summed E-state index contributed by atoms with van der Waals surface area (Å²) in [6.45, 7) is 2.87. The molecule has 0 heterocycles. The van der Waals surface area contributed by atoms with Crippen molar-refractivity contribution in [2.75, 3.05) is 33.2 Å². The van der Waals surface area contributed by atoms with Crippen LogP contribution in [0.1, 0.15) is 39.0 Å². The van der Waals surface area contributed by atoms with Crippen LogP contribution in [0.4, 0.5) is 5.69 Å². The highest BCUT2D eigenvalue weighted by Gasteiger charge is 2.56. The molecule has 26 heavy (non-hydrogen) atoms. The summed E-state index contributed by atoms with van der Waals surface area (Å²) in [7, 11) is 5.08. The third-order valence-corrected chi connectivity index (χ3v) is 5.87. The van der Waals surface area contributed by atoms with Crippen LogP contribution >= 0.6 is 0 Å². The number of anilines is 1. The summed E-state index contributed by atoms with van der Waals surface area (Å²) in [6, 6.07) is 6.18. The van der Waals surface area contributed by atoms with E-state index in [0.717, 1.165) is 24.7 Å². The number of hydrogen-bond donors (Lipinski definition) is 2. The maximum absolute atomic E-state index is 6.00. The van der Waals surface area contributed by atoms with Gasteiger partial charge >= 0.3 is 0 Å². The number of nitrogens with one attached hydrogen (secondary N) is 2. The normalized spacial score (nSPS) is 24.2. The molecule has 2 N–H and O–H groups in total. The highest BCUT2D eigenvalue weighted by molar-refractivity contribution is 5.94. The van der Waals surface area contributed by atoms with Gasteiger partial charge in [-0.05, 0) is 38.3 Å². The average molecular weight is 361 g/mol. The molecule has 6 heteroatoms. The van der Waals surface area contributed by atoms with Crippen molar-refractivity contribution < 1.29 is 14.2 Å². The summed E-state index contributed by atoms with van der Waals surface area (Å²) < 4.78 is 16.7. The Balaban J connectivity index is 1.67. The van der Waals surface area contributed by atoms with E-state index in [1.54, 1.807) is 21.3 Å². The molecule has 1 aromatic carbocycles. The largest absolute Gasteiger partial charge is 0.493 e. The number of guanidine groups is 1. The van der Waals surface area contributed by atoms with E-state index in [0.29, 0.717) is 23.6 Å². The molecule has 3 rings (SSSR count). The molecule has 0 amide bonds. The van der Waals surface area contributed by atoms with E-state index in [2.05, 4.69) is 22.5 Å².